The van der Waals surface area contributed by atoms with Crippen LogP contribution in [-0.4, -0.2) is 15.0 Å². The minimum absolute atomic E-state index is 0.553. The molecule has 0 fully saturated rings. The smallest absolute Gasteiger partial charge is 0.164 e. The van der Waals surface area contributed by atoms with E-state index in [9.17, 15) is 0 Å². The summed E-state index contributed by atoms with van der Waals surface area (Å²) in [6, 6.07) is 85.2. The van der Waals surface area contributed by atoms with Crippen molar-refractivity contribution in [3.63, 3.8) is 0 Å². The van der Waals surface area contributed by atoms with Gasteiger partial charge in [0.2, 0.25) is 0 Å². The Balaban J connectivity index is 1.00. The normalized spacial score (nSPS) is 12.7. The van der Waals surface area contributed by atoms with Gasteiger partial charge < -0.3 is 0 Å². The van der Waals surface area contributed by atoms with E-state index in [0.29, 0.717) is 17.5 Å². The van der Waals surface area contributed by atoms with Gasteiger partial charge in [-0.05, 0) is 84.6 Å². The molecule has 2 heterocycles. The molecule has 66 heavy (non-hydrogen) atoms. The van der Waals surface area contributed by atoms with Gasteiger partial charge in [0.15, 0.2) is 17.5 Å². The van der Waals surface area contributed by atoms with Gasteiger partial charge >= 0.3 is 0 Å². The SMILES string of the molecule is c1ccc(C2(c3ccccc3)c3ccccc3-c3ccc(-c4nc(-c5ccc(-c6cccc7ccccc67)cc5)nc(-c5cccc(-c6cccc7c6sc6ccccc67)c5)n4)cc32)cc1. The predicted molar refractivity (Wildman–Crippen MR) is 275 cm³/mol. The summed E-state index contributed by atoms with van der Waals surface area (Å²) in [5.74, 6) is 1.87. The van der Waals surface area contributed by atoms with Gasteiger partial charge in [0, 0.05) is 36.9 Å². The van der Waals surface area contributed by atoms with E-state index in [4.69, 9.17) is 15.0 Å². The van der Waals surface area contributed by atoms with Crippen LogP contribution in [0.1, 0.15) is 22.3 Å². The molecule has 1 aliphatic rings. The summed E-state index contributed by atoms with van der Waals surface area (Å²) in [4.78, 5) is 16.0. The van der Waals surface area contributed by atoms with Gasteiger partial charge in [-0.3, -0.25) is 0 Å². The standard InChI is InChI=1S/C62H39N3S/c1-3-20-46(21-4-1)62(47-22-5-2-6-23-47)55-30-11-9-25-51(55)52-37-36-45(39-56(52)62)61-64-59(42-34-32-41(33-35-42)49-27-14-17-40-16-7-8-24-48(40)49)63-60(65-61)44-19-13-18-43(38-44)50-28-15-29-54-53-26-10-12-31-57(53)66-58(50)54/h1-39H. The van der Waals surface area contributed by atoms with Crippen molar-refractivity contribution >= 4 is 42.3 Å². The van der Waals surface area contributed by atoms with E-state index in [1.54, 1.807) is 0 Å². The lowest BCUT2D eigenvalue weighted by atomic mass is 9.67. The maximum Gasteiger partial charge on any atom is 0.164 e. The number of fused-ring (bicyclic) bond motifs is 7. The zero-order chi connectivity index (χ0) is 43.6. The lowest BCUT2D eigenvalue weighted by Crippen LogP contribution is -2.28. The van der Waals surface area contributed by atoms with Crippen LogP contribution in [-0.2, 0) is 5.41 Å². The summed E-state index contributed by atoms with van der Waals surface area (Å²) in [5.41, 5.74) is 14.2. The fourth-order valence-corrected chi connectivity index (χ4v) is 11.7. The highest BCUT2D eigenvalue weighted by molar-refractivity contribution is 7.26. The topological polar surface area (TPSA) is 38.7 Å². The number of aromatic nitrogens is 3. The Morgan fingerprint density at radius 2 is 0.818 bits per heavy atom. The Morgan fingerprint density at radius 1 is 0.303 bits per heavy atom. The van der Waals surface area contributed by atoms with Crippen LogP contribution in [0, 0.1) is 0 Å². The molecule has 0 saturated carbocycles. The van der Waals surface area contributed by atoms with Crippen LogP contribution in [0.4, 0.5) is 0 Å². The van der Waals surface area contributed by atoms with E-state index in [-0.39, 0.29) is 0 Å². The van der Waals surface area contributed by atoms with Crippen molar-refractivity contribution in [2.75, 3.05) is 0 Å². The van der Waals surface area contributed by atoms with E-state index < -0.39 is 5.41 Å². The van der Waals surface area contributed by atoms with Crippen molar-refractivity contribution < 1.29 is 0 Å². The van der Waals surface area contributed by atoms with E-state index in [1.807, 2.05) is 11.3 Å². The number of hydrogen-bond donors (Lipinski definition) is 0. The minimum atomic E-state index is -0.553. The molecule has 0 radical (unpaired) electrons. The average Bonchev–Trinajstić information content (AvgIpc) is 3.93. The van der Waals surface area contributed by atoms with Crippen molar-refractivity contribution in [1.29, 1.82) is 0 Å². The average molecular weight is 858 g/mol. The van der Waals surface area contributed by atoms with Gasteiger partial charge in [-0.25, -0.2) is 15.0 Å². The molecular formula is C62H39N3S. The number of rotatable bonds is 7. The first kappa shape index (κ1) is 38.2. The van der Waals surface area contributed by atoms with Crippen LogP contribution < -0.4 is 0 Å². The summed E-state index contributed by atoms with van der Waals surface area (Å²) < 4.78 is 2.56. The lowest BCUT2D eigenvalue weighted by Gasteiger charge is -2.34. The first-order valence-corrected chi connectivity index (χ1v) is 23.2. The molecule has 0 N–H and O–H groups in total. The molecule has 1 aliphatic carbocycles. The minimum Gasteiger partial charge on any atom is -0.208 e. The number of nitrogens with zero attached hydrogens (tertiary/aromatic N) is 3. The number of benzene rings is 10. The summed E-state index contributed by atoms with van der Waals surface area (Å²) in [6.07, 6.45) is 0. The largest absolute Gasteiger partial charge is 0.208 e. The Bertz CT molecular complexity index is 3770. The fraction of sp³-hybridized carbons (Fsp3) is 0.0161. The molecule has 4 heteroatoms. The zero-order valence-electron chi connectivity index (χ0n) is 35.8. The Kier molecular flexibility index (Phi) is 8.93. The summed E-state index contributed by atoms with van der Waals surface area (Å²) in [6.45, 7) is 0. The second-order valence-electron chi connectivity index (χ2n) is 17.1. The molecule has 3 nitrogen and oxygen atoms in total. The molecular weight excluding hydrogens is 819 g/mol. The number of hydrogen-bond acceptors (Lipinski definition) is 4. The lowest BCUT2D eigenvalue weighted by molar-refractivity contribution is 0.768. The molecule has 0 atom stereocenters. The maximum absolute atomic E-state index is 5.38. The highest BCUT2D eigenvalue weighted by atomic mass is 32.1. The molecule has 0 aliphatic heterocycles. The maximum atomic E-state index is 5.38. The van der Waals surface area contributed by atoms with Crippen LogP contribution in [0.2, 0.25) is 0 Å². The molecule has 0 amide bonds. The van der Waals surface area contributed by atoms with Crippen molar-refractivity contribution in [2.24, 2.45) is 0 Å². The second-order valence-corrected chi connectivity index (χ2v) is 18.1. The third-order valence-electron chi connectivity index (χ3n) is 13.4. The molecule has 2 aromatic heterocycles. The van der Waals surface area contributed by atoms with E-state index in [1.165, 1.54) is 75.5 Å². The summed E-state index contributed by atoms with van der Waals surface area (Å²) in [7, 11) is 0. The van der Waals surface area contributed by atoms with Crippen molar-refractivity contribution in [3.05, 3.63) is 259 Å². The fourth-order valence-electron chi connectivity index (χ4n) is 10.4. The van der Waals surface area contributed by atoms with Gasteiger partial charge in [-0.2, -0.15) is 0 Å². The highest BCUT2D eigenvalue weighted by Gasteiger charge is 2.46. The van der Waals surface area contributed by atoms with E-state index in [0.717, 1.165) is 27.8 Å². The highest BCUT2D eigenvalue weighted by Crippen LogP contribution is 2.56. The van der Waals surface area contributed by atoms with Crippen molar-refractivity contribution in [2.45, 2.75) is 5.41 Å². The molecule has 0 saturated heterocycles. The summed E-state index contributed by atoms with van der Waals surface area (Å²) in [5, 5.41) is 5.01. The molecule has 0 spiro atoms. The molecule has 0 unspecified atom stereocenters. The quantitative estimate of drug-likeness (QED) is 0.160. The summed E-state index contributed by atoms with van der Waals surface area (Å²) >= 11 is 1.84. The first-order valence-electron chi connectivity index (χ1n) is 22.4. The molecule has 12 aromatic rings. The van der Waals surface area contributed by atoms with Crippen LogP contribution in [0.5, 0.6) is 0 Å². The Morgan fingerprint density at radius 3 is 1.61 bits per heavy atom. The van der Waals surface area contributed by atoms with Gasteiger partial charge in [0.1, 0.15) is 0 Å². The molecule has 13 rings (SSSR count). The molecule has 0 bridgehead atoms. The third-order valence-corrected chi connectivity index (χ3v) is 14.7. The Labute approximate surface area is 387 Å². The van der Waals surface area contributed by atoms with Gasteiger partial charge in [-0.1, -0.05) is 218 Å². The van der Waals surface area contributed by atoms with Crippen LogP contribution >= 0.6 is 11.3 Å². The second kappa shape index (κ2) is 15.4. The van der Waals surface area contributed by atoms with E-state index >= 15 is 0 Å². The predicted octanol–water partition coefficient (Wildman–Crippen LogP) is 16.1. The molecule has 308 valence electrons. The first-order chi connectivity index (χ1) is 32.7. The van der Waals surface area contributed by atoms with Crippen LogP contribution in [0.25, 0.3) is 98.5 Å². The van der Waals surface area contributed by atoms with E-state index in [2.05, 4.69) is 237 Å². The van der Waals surface area contributed by atoms with Crippen molar-refractivity contribution in [3.8, 4) is 67.5 Å². The molecule has 10 aromatic carbocycles. The number of thiophene rings is 1. The van der Waals surface area contributed by atoms with Gasteiger partial charge in [0.25, 0.3) is 0 Å². The Hall–Kier alpha value is -8.31. The third kappa shape index (κ3) is 6.07. The van der Waals surface area contributed by atoms with Gasteiger partial charge in [-0.15, -0.1) is 11.3 Å². The van der Waals surface area contributed by atoms with Crippen molar-refractivity contribution in [1.82, 2.24) is 15.0 Å². The van der Waals surface area contributed by atoms with Gasteiger partial charge in [0.05, 0.1) is 5.41 Å². The monoisotopic (exact) mass is 857 g/mol. The zero-order valence-corrected chi connectivity index (χ0v) is 36.6. The van der Waals surface area contributed by atoms with Crippen LogP contribution in [0.3, 0.4) is 0 Å². The van der Waals surface area contributed by atoms with Crippen LogP contribution in [0.15, 0.2) is 237 Å².